The molecule has 1 aliphatic rings. The highest BCUT2D eigenvalue weighted by atomic mass is 16.6. The first kappa shape index (κ1) is 17.6. The summed E-state index contributed by atoms with van der Waals surface area (Å²) >= 11 is 0. The second-order valence-corrected chi connectivity index (χ2v) is 6.32. The number of carbonyl (C=O) groups is 2. The molecular weight excluding hydrogens is 336 g/mol. The Morgan fingerprint density at radius 3 is 2.54 bits per heavy atom. The lowest BCUT2D eigenvalue weighted by Gasteiger charge is -2.22. The van der Waals surface area contributed by atoms with Gasteiger partial charge in [0.05, 0.1) is 23.5 Å². The van der Waals surface area contributed by atoms with Crippen LogP contribution in [0.25, 0.3) is 0 Å². The van der Waals surface area contributed by atoms with Crippen molar-refractivity contribution in [3.63, 3.8) is 0 Å². The Morgan fingerprint density at radius 1 is 1.15 bits per heavy atom. The molecule has 0 bridgehead atoms. The van der Waals surface area contributed by atoms with Crippen LogP contribution in [0.3, 0.4) is 0 Å². The van der Waals surface area contributed by atoms with Gasteiger partial charge in [0, 0.05) is 17.7 Å². The minimum absolute atomic E-state index is 0.00109. The van der Waals surface area contributed by atoms with Crippen molar-refractivity contribution < 1.29 is 19.6 Å². The molecule has 1 saturated carbocycles. The number of nitrogens with zero attached hydrogens (tertiary/aromatic N) is 2. The van der Waals surface area contributed by atoms with Crippen LogP contribution in [0.15, 0.2) is 48.5 Å². The molecule has 0 radical (unpaired) electrons. The van der Waals surface area contributed by atoms with Gasteiger partial charge in [0.1, 0.15) is 0 Å². The van der Waals surface area contributed by atoms with E-state index in [-0.39, 0.29) is 36.2 Å². The number of carboxylic acid groups (broad SMARTS) is 1. The summed E-state index contributed by atoms with van der Waals surface area (Å²) in [5.74, 6) is -1.20. The van der Waals surface area contributed by atoms with Gasteiger partial charge in [-0.2, -0.15) is 0 Å². The van der Waals surface area contributed by atoms with Gasteiger partial charge in [0.25, 0.3) is 5.69 Å². The highest BCUT2D eigenvalue weighted by molar-refractivity contribution is 5.88. The minimum atomic E-state index is -1.04. The van der Waals surface area contributed by atoms with Gasteiger partial charge in [-0.3, -0.25) is 14.9 Å². The van der Waals surface area contributed by atoms with Crippen LogP contribution in [0.4, 0.5) is 5.69 Å². The highest BCUT2D eigenvalue weighted by Gasteiger charge is 2.33. The largest absolute Gasteiger partial charge is 0.478 e. The van der Waals surface area contributed by atoms with E-state index in [9.17, 15) is 19.7 Å². The van der Waals surface area contributed by atoms with Crippen LogP contribution in [0, 0.1) is 10.1 Å². The molecule has 134 valence electrons. The van der Waals surface area contributed by atoms with Crippen molar-refractivity contribution in [2.75, 3.05) is 0 Å². The molecule has 0 atom stereocenters. The van der Waals surface area contributed by atoms with E-state index in [1.165, 1.54) is 18.2 Å². The third kappa shape index (κ3) is 4.05. The summed E-state index contributed by atoms with van der Waals surface area (Å²) < 4.78 is 0. The Kier molecular flexibility index (Phi) is 4.97. The Bertz CT molecular complexity index is 861. The Balaban J connectivity index is 1.78. The quantitative estimate of drug-likeness (QED) is 0.608. The standard InChI is InChI=1S/C19H18N2O5/c22-18(11-13-4-3-6-14(10-13)19(23)24)20(16-8-9-16)12-15-5-1-2-7-17(15)21(25)26/h1-7,10,16H,8-9,11-12H2,(H,23,24). The SMILES string of the molecule is O=C(O)c1cccc(CC(=O)N(Cc2ccccc2[N+](=O)[O-])C2CC2)c1. The summed E-state index contributed by atoms with van der Waals surface area (Å²) in [6.07, 6.45) is 1.82. The van der Waals surface area contributed by atoms with Gasteiger partial charge in [-0.25, -0.2) is 4.79 Å². The second kappa shape index (κ2) is 7.35. The van der Waals surface area contributed by atoms with Gasteiger partial charge in [-0.05, 0) is 30.5 Å². The fourth-order valence-electron chi connectivity index (χ4n) is 2.90. The molecule has 2 aromatic carbocycles. The number of carbonyl (C=O) groups excluding carboxylic acids is 1. The normalized spacial score (nSPS) is 13.2. The number of aromatic carboxylic acids is 1. The predicted octanol–water partition coefficient (Wildman–Crippen LogP) is 3.03. The third-order valence-corrected chi connectivity index (χ3v) is 4.37. The van der Waals surface area contributed by atoms with Gasteiger partial charge < -0.3 is 10.0 Å². The van der Waals surface area contributed by atoms with Crippen LogP contribution < -0.4 is 0 Å². The van der Waals surface area contributed by atoms with E-state index in [4.69, 9.17) is 5.11 Å². The number of amides is 1. The summed E-state index contributed by atoms with van der Waals surface area (Å²) in [7, 11) is 0. The lowest BCUT2D eigenvalue weighted by atomic mass is 10.1. The van der Waals surface area contributed by atoms with Crippen LogP contribution in [-0.2, 0) is 17.8 Å². The first-order valence-corrected chi connectivity index (χ1v) is 8.29. The van der Waals surface area contributed by atoms with Crippen molar-refractivity contribution in [2.24, 2.45) is 0 Å². The van der Waals surface area contributed by atoms with E-state index in [0.717, 1.165) is 12.8 Å². The zero-order valence-corrected chi connectivity index (χ0v) is 14.0. The molecule has 0 spiro atoms. The molecule has 0 aliphatic heterocycles. The molecule has 7 nitrogen and oxygen atoms in total. The number of hydrogen-bond acceptors (Lipinski definition) is 4. The second-order valence-electron chi connectivity index (χ2n) is 6.32. The number of hydrogen-bond donors (Lipinski definition) is 1. The van der Waals surface area contributed by atoms with Crippen molar-refractivity contribution in [1.82, 2.24) is 4.90 Å². The van der Waals surface area contributed by atoms with Crippen LogP contribution >= 0.6 is 0 Å². The van der Waals surface area contributed by atoms with Gasteiger partial charge in [0.15, 0.2) is 0 Å². The predicted molar refractivity (Wildman–Crippen MR) is 93.8 cm³/mol. The van der Waals surface area contributed by atoms with Crippen LogP contribution in [-0.4, -0.2) is 32.8 Å². The molecule has 1 aliphatic carbocycles. The average molecular weight is 354 g/mol. The number of benzene rings is 2. The molecule has 1 amide bonds. The zero-order chi connectivity index (χ0) is 18.7. The van der Waals surface area contributed by atoms with Gasteiger partial charge >= 0.3 is 5.97 Å². The van der Waals surface area contributed by atoms with Crippen molar-refractivity contribution in [3.8, 4) is 0 Å². The molecule has 1 N–H and O–H groups in total. The average Bonchev–Trinajstić information content (AvgIpc) is 3.45. The summed E-state index contributed by atoms with van der Waals surface area (Å²) in [5.41, 5.74) is 1.24. The summed E-state index contributed by atoms with van der Waals surface area (Å²) in [6, 6.07) is 12.8. The summed E-state index contributed by atoms with van der Waals surface area (Å²) in [6.45, 7) is 0.180. The highest BCUT2D eigenvalue weighted by Crippen LogP contribution is 2.31. The maximum Gasteiger partial charge on any atom is 0.335 e. The molecule has 26 heavy (non-hydrogen) atoms. The maximum absolute atomic E-state index is 12.8. The van der Waals surface area contributed by atoms with E-state index in [2.05, 4.69) is 0 Å². The number of carboxylic acids is 1. The van der Waals surface area contributed by atoms with E-state index in [1.807, 2.05) is 0 Å². The fraction of sp³-hybridized carbons (Fsp3) is 0.263. The van der Waals surface area contributed by atoms with Crippen molar-refractivity contribution >= 4 is 17.6 Å². The molecule has 0 heterocycles. The summed E-state index contributed by atoms with van der Waals surface area (Å²) in [4.78, 5) is 36.3. The van der Waals surface area contributed by atoms with Crippen molar-refractivity contribution in [1.29, 1.82) is 0 Å². The number of para-hydroxylation sites is 1. The first-order valence-electron chi connectivity index (χ1n) is 8.29. The Hall–Kier alpha value is -3.22. The van der Waals surface area contributed by atoms with Crippen LogP contribution in [0.5, 0.6) is 0 Å². The van der Waals surface area contributed by atoms with E-state index in [1.54, 1.807) is 35.2 Å². The first-order chi connectivity index (χ1) is 12.5. The molecule has 0 saturated heterocycles. The number of rotatable bonds is 7. The molecule has 7 heteroatoms. The monoisotopic (exact) mass is 354 g/mol. The van der Waals surface area contributed by atoms with Crippen molar-refractivity contribution in [3.05, 3.63) is 75.3 Å². The topological polar surface area (TPSA) is 101 Å². The molecule has 1 fully saturated rings. The van der Waals surface area contributed by atoms with Crippen LogP contribution in [0.1, 0.15) is 34.3 Å². The minimum Gasteiger partial charge on any atom is -0.478 e. The maximum atomic E-state index is 12.8. The lowest BCUT2D eigenvalue weighted by Crippen LogP contribution is -2.34. The molecular formula is C19H18N2O5. The molecule has 0 unspecified atom stereocenters. The molecule has 3 rings (SSSR count). The van der Waals surface area contributed by atoms with Gasteiger partial charge in [-0.1, -0.05) is 30.3 Å². The fourth-order valence-corrected chi connectivity index (χ4v) is 2.90. The molecule has 2 aromatic rings. The molecule has 0 aromatic heterocycles. The zero-order valence-electron chi connectivity index (χ0n) is 14.0. The van der Waals surface area contributed by atoms with Gasteiger partial charge in [0.2, 0.25) is 5.91 Å². The third-order valence-electron chi connectivity index (χ3n) is 4.37. The number of nitro groups is 1. The number of nitro benzene ring substituents is 1. The van der Waals surface area contributed by atoms with E-state index >= 15 is 0 Å². The Labute approximate surface area is 150 Å². The summed E-state index contributed by atoms with van der Waals surface area (Å²) in [5, 5.41) is 20.3. The Morgan fingerprint density at radius 2 is 1.88 bits per heavy atom. The lowest BCUT2D eigenvalue weighted by molar-refractivity contribution is -0.385. The van der Waals surface area contributed by atoms with Crippen LogP contribution in [0.2, 0.25) is 0 Å². The van der Waals surface area contributed by atoms with Gasteiger partial charge in [-0.15, -0.1) is 0 Å². The smallest absolute Gasteiger partial charge is 0.335 e. The van der Waals surface area contributed by atoms with E-state index < -0.39 is 10.9 Å². The van der Waals surface area contributed by atoms with E-state index in [0.29, 0.717) is 11.1 Å². The van der Waals surface area contributed by atoms with Crippen molar-refractivity contribution in [2.45, 2.75) is 31.8 Å².